The summed E-state index contributed by atoms with van der Waals surface area (Å²) in [5.74, 6) is 0.144. The zero-order valence-corrected chi connectivity index (χ0v) is 11.8. The van der Waals surface area contributed by atoms with Crippen molar-refractivity contribution in [2.45, 2.75) is 45.6 Å². The normalized spacial score (nSPS) is 26.8. The lowest BCUT2D eigenvalue weighted by atomic mass is 9.89. The van der Waals surface area contributed by atoms with Gasteiger partial charge in [0.25, 0.3) is 0 Å². The summed E-state index contributed by atoms with van der Waals surface area (Å²) >= 11 is 0. The van der Waals surface area contributed by atoms with Crippen LogP contribution >= 0.6 is 0 Å². The van der Waals surface area contributed by atoms with Crippen LogP contribution in [0, 0.1) is 23.5 Å². The summed E-state index contributed by atoms with van der Waals surface area (Å²) in [6.45, 7) is 5.46. The third-order valence-electron chi connectivity index (χ3n) is 4.38. The lowest BCUT2D eigenvalue weighted by molar-refractivity contribution is 0.348. The maximum atomic E-state index is 13.7. The number of halogens is 2. The van der Waals surface area contributed by atoms with Crippen LogP contribution < -0.4 is 5.32 Å². The van der Waals surface area contributed by atoms with Crippen molar-refractivity contribution in [2.24, 2.45) is 11.8 Å². The number of hydrogen-bond acceptors (Lipinski definition) is 1. The van der Waals surface area contributed by atoms with Crippen LogP contribution in [0.15, 0.2) is 18.2 Å². The molecule has 0 aliphatic heterocycles. The quantitative estimate of drug-likeness (QED) is 0.852. The van der Waals surface area contributed by atoms with Gasteiger partial charge in [-0.3, -0.25) is 0 Å². The van der Waals surface area contributed by atoms with Crippen LogP contribution in [0.25, 0.3) is 0 Å². The average molecular weight is 267 g/mol. The van der Waals surface area contributed by atoms with Crippen molar-refractivity contribution in [1.29, 1.82) is 0 Å². The summed E-state index contributed by atoms with van der Waals surface area (Å²) in [7, 11) is 0. The predicted molar refractivity (Wildman–Crippen MR) is 74.0 cm³/mol. The Kier molecular flexibility index (Phi) is 4.92. The molecule has 1 fully saturated rings. The van der Waals surface area contributed by atoms with Crippen molar-refractivity contribution < 1.29 is 8.78 Å². The second-order valence-electron chi connectivity index (χ2n) is 5.70. The van der Waals surface area contributed by atoms with Gasteiger partial charge in [0.1, 0.15) is 11.6 Å². The highest BCUT2D eigenvalue weighted by Gasteiger charge is 2.32. The van der Waals surface area contributed by atoms with E-state index >= 15 is 0 Å². The first-order chi connectivity index (χ1) is 9.11. The summed E-state index contributed by atoms with van der Waals surface area (Å²) in [5.41, 5.74) is 0.648. The van der Waals surface area contributed by atoms with E-state index in [9.17, 15) is 8.78 Å². The van der Waals surface area contributed by atoms with Crippen LogP contribution in [0.1, 0.15) is 38.7 Å². The van der Waals surface area contributed by atoms with Gasteiger partial charge >= 0.3 is 0 Å². The average Bonchev–Trinajstić information content (AvgIpc) is 2.72. The molecule has 3 atom stereocenters. The molecule has 0 radical (unpaired) electrons. The van der Waals surface area contributed by atoms with E-state index in [2.05, 4.69) is 19.2 Å². The molecule has 0 saturated heterocycles. The largest absolute Gasteiger partial charge is 0.314 e. The van der Waals surface area contributed by atoms with Crippen LogP contribution in [0.4, 0.5) is 8.78 Å². The second-order valence-corrected chi connectivity index (χ2v) is 5.70. The van der Waals surface area contributed by atoms with Crippen LogP contribution in [0.3, 0.4) is 0 Å². The Labute approximate surface area is 114 Å². The molecule has 0 bridgehead atoms. The molecular weight excluding hydrogens is 244 g/mol. The molecule has 1 aliphatic rings. The van der Waals surface area contributed by atoms with E-state index in [1.54, 1.807) is 6.07 Å². The first-order valence-corrected chi connectivity index (χ1v) is 7.29. The lowest BCUT2D eigenvalue weighted by Gasteiger charge is -2.22. The zero-order valence-electron chi connectivity index (χ0n) is 11.8. The Hall–Kier alpha value is -0.960. The smallest absolute Gasteiger partial charge is 0.129 e. The summed E-state index contributed by atoms with van der Waals surface area (Å²) < 4.78 is 26.6. The van der Waals surface area contributed by atoms with Crippen molar-refractivity contribution in [2.75, 3.05) is 6.54 Å². The Bertz CT molecular complexity index is 419. The van der Waals surface area contributed by atoms with Crippen LogP contribution in [0.5, 0.6) is 0 Å². The maximum absolute atomic E-state index is 13.7. The predicted octanol–water partition coefficient (Wildman–Crippen LogP) is 3.92. The summed E-state index contributed by atoms with van der Waals surface area (Å²) in [6.07, 6.45) is 4.14. The topological polar surface area (TPSA) is 12.0 Å². The van der Waals surface area contributed by atoms with Gasteiger partial charge in [-0.15, -0.1) is 0 Å². The van der Waals surface area contributed by atoms with Gasteiger partial charge in [-0.05, 0) is 55.7 Å². The van der Waals surface area contributed by atoms with Gasteiger partial charge in [0, 0.05) is 12.1 Å². The number of hydrogen-bond donors (Lipinski definition) is 1. The van der Waals surface area contributed by atoms with Crippen molar-refractivity contribution in [3.8, 4) is 0 Å². The summed E-state index contributed by atoms with van der Waals surface area (Å²) in [5, 5.41) is 3.57. The highest BCUT2D eigenvalue weighted by molar-refractivity contribution is 5.19. The van der Waals surface area contributed by atoms with E-state index < -0.39 is 11.6 Å². The number of rotatable bonds is 5. The van der Waals surface area contributed by atoms with Gasteiger partial charge in [0.05, 0.1) is 0 Å². The molecule has 0 amide bonds. The van der Waals surface area contributed by atoms with E-state index in [0.717, 1.165) is 38.3 Å². The third-order valence-corrected chi connectivity index (χ3v) is 4.38. The highest BCUT2D eigenvalue weighted by Crippen LogP contribution is 2.34. The molecule has 106 valence electrons. The summed E-state index contributed by atoms with van der Waals surface area (Å²) in [6, 6.07) is 4.48. The SMILES string of the molecule is CCCNC1CCC(Cc2ccc(F)cc2F)C1C. The van der Waals surface area contributed by atoms with Crippen molar-refractivity contribution in [3.63, 3.8) is 0 Å². The molecule has 0 aromatic heterocycles. The van der Waals surface area contributed by atoms with Gasteiger partial charge in [-0.25, -0.2) is 8.78 Å². The minimum atomic E-state index is -0.497. The lowest BCUT2D eigenvalue weighted by Crippen LogP contribution is -2.33. The molecule has 1 nitrogen and oxygen atoms in total. The van der Waals surface area contributed by atoms with Gasteiger partial charge in [-0.1, -0.05) is 19.9 Å². The Balaban J connectivity index is 1.96. The van der Waals surface area contributed by atoms with Crippen LogP contribution in [0.2, 0.25) is 0 Å². The van der Waals surface area contributed by atoms with Crippen LogP contribution in [-0.4, -0.2) is 12.6 Å². The van der Waals surface area contributed by atoms with E-state index in [4.69, 9.17) is 0 Å². The van der Waals surface area contributed by atoms with Gasteiger partial charge in [-0.2, -0.15) is 0 Å². The third kappa shape index (κ3) is 3.53. The molecule has 0 spiro atoms. The molecule has 1 aliphatic carbocycles. The maximum Gasteiger partial charge on any atom is 0.129 e. The molecule has 1 aromatic carbocycles. The summed E-state index contributed by atoms with van der Waals surface area (Å²) in [4.78, 5) is 0. The standard InChI is InChI=1S/C16H23F2N/c1-3-8-19-16-7-5-12(11(16)2)9-13-4-6-14(17)10-15(13)18/h4,6,10-12,16,19H,3,5,7-9H2,1-2H3. The van der Waals surface area contributed by atoms with E-state index in [1.807, 2.05) is 0 Å². The molecule has 3 unspecified atom stereocenters. The molecule has 0 heterocycles. The monoisotopic (exact) mass is 267 g/mol. The molecule has 1 saturated carbocycles. The number of nitrogens with one attached hydrogen (secondary N) is 1. The zero-order chi connectivity index (χ0) is 13.8. The minimum Gasteiger partial charge on any atom is -0.314 e. The van der Waals surface area contributed by atoms with Crippen molar-refractivity contribution in [1.82, 2.24) is 5.32 Å². The second kappa shape index (κ2) is 6.47. The van der Waals surface area contributed by atoms with Crippen molar-refractivity contribution >= 4 is 0 Å². The molecule has 19 heavy (non-hydrogen) atoms. The highest BCUT2D eigenvalue weighted by atomic mass is 19.1. The molecule has 2 rings (SSSR count). The molecular formula is C16H23F2N. The fourth-order valence-electron chi connectivity index (χ4n) is 3.12. The first-order valence-electron chi connectivity index (χ1n) is 7.29. The molecule has 3 heteroatoms. The first kappa shape index (κ1) is 14.4. The molecule has 1 aromatic rings. The number of benzene rings is 1. The minimum absolute atomic E-state index is 0.405. The van der Waals surface area contributed by atoms with Crippen LogP contribution in [-0.2, 0) is 6.42 Å². The molecule has 1 N–H and O–H groups in total. The van der Waals surface area contributed by atoms with Crippen molar-refractivity contribution in [3.05, 3.63) is 35.4 Å². The van der Waals surface area contributed by atoms with Gasteiger partial charge in [0.2, 0.25) is 0 Å². The fraction of sp³-hybridized carbons (Fsp3) is 0.625. The Morgan fingerprint density at radius 1 is 1.26 bits per heavy atom. The Morgan fingerprint density at radius 3 is 2.74 bits per heavy atom. The fourth-order valence-corrected chi connectivity index (χ4v) is 3.12. The van der Waals surface area contributed by atoms with E-state index in [1.165, 1.54) is 6.07 Å². The van der Waals surface area contributed by atoms with E-state index in [0.29, 0.717) is 23.4 Å². The van der Waals surface area contributed by atoms with Gasteiger partial charge < -0.3 is 5.32 Å². The van der Waals surface area contributed by atoms with E-state index in [-0.39, 0.29) is 0 Å². The van der Waals surface area contributed by atoms with Gasteiger partial charge in [0.15, 0.2) is 0 Å². The Morgan fingerprint density at radius 2 is 2.05 bits per heavy atom.